The normalized spacial score (nSPS) is 11.6. The number of aryl methyl sites for hydroxylation is 2. The van der Waals surface area contributed by atoms with E-state index in [0.29, 0.717) is 16.7 Å². The highest BCUT2D eigenvalue weighted by molar-refractivity contribution is 7.89. The van der Waals surface area contributed by atoms with Gasteiger partial charge in [0.05, 0.1) is 11.1 Å². The van der Waals surface area contributed by atoms with Gasteiger partial charge in [-0.25, -0.2) is 13.2 Å². The first-order valence-corrected chi connectivity index (χ1v) is 8.09. The molecule has 0 aliphatic rings. The Labute approximate surface area is 121 Å². The smallest absolute Gasteiger partial charge is 0.336 e. The van der Waals surface area contributed by atoms with Crippen LogP contribution in [0.15, 0.2) is 16.7 Å². The predicted molar refractivity (Wildman–Crippen MR) is 74.7 cm³/mol. The molecule has 0 radical (unpaired) electrons. The molecule has 8 heteroatoms. The zero-order valence-corrected chi connectivity index (χ0v) is 12.6. The van der Waals surface area contributed by atoms with Crippen molar-refractivity contribution in [2.75, 3.05) is 6.26 Å². The molecule has 0 spiro atoms. The summed E-state index contributed by atoms with van der Waals surface area (Å²) in [5, 5.41) is 12.9. The highest BCUT2D eigenvalue weighted by atomic mass is 32.2. The Balaban J connectivity index is 2.57. The maximum absolute atomic E-state index is 11.4. The number of nitrogens with zero attached hydrogens (tertiary/aromatic N) is 2. The number of carboxylic acid groups (broad SMARTS) is 1. The van der Waals surface area contributed by atoms with Crippen molar-refractivity contribution < 1.29 is 22.8 Å². The number of hydrogen-bond acceptors (Lipinski definition) is 6. The molecule has 0 bridgehead atoms. The lowest BCUT2D eigenvalue weighted by Crippen LogP contribution is -2.05. The third kappa shape index (κ3) is 3.27. The molecule has 0 saturated carbocycles. The maximum Gasteiger partial charge on any atom is 0.336 e. The molecule has 0 aliphatic heterocycles. The van der Waals surface area contributed by atoms with E-state index in [2.05, 4.69) is 10.1 Å². The highest BCUT2D eigenvalue weighted by Crippen LogP contribution is 2.28. The van der Waals surface area contributed by atoms with Crippen LogP contribution in [0.25, 0.3) is 11.5 Å². The second-order valence-electron chi connectivity index (χ2n) is 4.84. The van der Waals surface area contributed by atoms with E-state index in [1.165, 1.54) is 0 Å². The molecule has 0 unspecified atom stereocenters. The van der Waals surface area contributed by atoms with E-state index < -0.39 is 15.8 Å². The van der Waals surface area contributed by atoms with E-state index in [0.717, 1.165) is 6.26 Å². The first kappa shape index (κ1) is 15.2. The molecule has 1 N–H and O–H groups in total. The molecule has 2 aromatic rings. The van der Waals surface area contributed by atoms with Gasteiger partial charge < -0.3 is 9.63 Å². The topological polar surface area (TPSA) is 110 Å². The number of benzene rings is 1. The molecule has 1 aromatic carbocycles. The van der Waals surface area contributed by atoms with Gasteiger partial charge in [0.2, 0.25) is 0 Å². The summed E-state index contributed by atoms with van der Waals surface area (Å²) in [6.45, 7) is 3.39. The van der Waals surface area contributed by atoms with Crippen LogP contribution in [0.4, 0.5) is 0 Å². The van der Waals surface area contributed by atoms with Crippen molar-refractivity contribution in [1.82, 2.24) is 10.1 Å². The second-order valence-corrected chi connectivity index (χ2v) is 6.98. The number of sulfone groups is 1. The lowest BCUT2D eigenvalue weighted by molar-refractivity contribution is 0.0696. The van der Waals surface area contributed by atoms with Gasteiger partial charge >= 0.3 is 5.97 Å². The van der Waals surface area contributed by atoms with Gasteiger partial charge in [-0.05, 0) is 25.0 Å². The van der Waals surface area contributed by atoms with Crippen molar-refractivity contribution in [3.63, 3.8) is 0 Å². The van der Waals surface area contributed by atoms with Crippen LogP contribution in [0.1, 0.15) is 27.3 Å². The second kappa shape index (κ2) is 5.28. The van der Waals surface area contributed by atoms with Gasteiger partial charge in [-0.1, -0.05) is 17.3 Å². The van der Waals surface area contributed by atoms with E-state index >= 15 is 0 Å². The summed E-state index contributed by atoms with van der Waals surface area (Å²) in [6, 6.07) is 3.44. The molecule has 112 valence electrons. The zero-order chi connectivity index (χ0) is 15.8. The first-order valence-electron chi connectivity index (χ1n) is 6.03. The van der Waals surface area contributed by atoms with Crippen molar-refractivity contribution >= 4 is 15.8 Å². The molecule has 0 aliphatic carbocycles. The number of aromatic nitrogens is 2. The van der Waals surface area contributed by atoms with E-state index in [1.807, 2.05) is 0 Å². The van der Waals surface area contributed by atoms with Crippen LogP contribution >= 0.6 is 0 Å². The molecule has 1 aromatic heterocycles. The Morgan fingerprint density at radius 1 is 1.29 bits per heavy atom. The lowest BCUT2D eigenvalue weighted by atomic mass is 9.97. The van der Waals surface area contributed by atoms with Crippen molar-refractivity contribution in [2.45, 2.75) is 19.6 Å². The highest BCUT2D eigenvalue weighted by Gasteiger charge is 2.22. The summed E-state index contributed by atoms with van der Waals surface area (Å²) in [7, 11) is -3.29. The van der Waals surface area contributed by atoms with Crippen LogP contribution in [0, 0.1) is 13.8 Å². The maximum atomic E-state index is 11.4. The van der Waals surface area contributed by atoms with Gasteiger partial charge in [-0.3, -0.25) is 0 Å². The van der Waals surface area contributed by atoms with Crippen LogP contribution < -0.4 is 0 Å². The van der Waals surface area contributed by atoms with Crippen LogP contribution in [0.2, 0.25) is 0 Å². The first-order chi connectivity index (χ1) is 9.69. The van der Waals surface area contributed by atoms with Crippen molar-refractivity contribution in [1.29, 1.82) is 0 Å². The fraction of sp³-hybridized carbons (Fsp3) is 0.308. The number of aromatic carboxylic acids is 1. The standard InChI is InChI=1S/C13H14N2O5S/c1-7-4-5-8(2)11(13(16)17)10(7)12-14-9(15-20-12)6-21(3,18)19/h4-5H,6H2,1-3H3,(H,16,17). The predicted octanol–water partition coefficient (Wildman–Crippen LogP) is 1.60. The van der Waals surface area contributed by atoms with Gasteiger partial charge in [0, 0.05) is 6.26 Å². The van der Waals surface area contributed by atoms with Crippen molar-refractivity contribution in [2.24, 2.45) is 0 Å². The van der Waals surface area contributed by atoms with E-state index in [4.69, 9.17) is 4.52 Å². The minimum absolute atomic E-state index is 0.00439. The van der Waals surface area contributed by atoms with Gasteiger partial charge in [0.15, 0.2) is 15.7 Å². The van der Waals surface area contributed by atoms with Crippen LogP contribution in [0.3, 0.4) is 0 Å². The Kier molecular flexibility index (Phi) is 3.82. The number of rotatable bonds is 4. The summed E-state index contributed by atoms with van der Waals surface area (Å²) in [6.07, 6.45) is 1.06. The summed E-state index contributed by atoms with van der Waals surface area (Å²) < 4.78 is 27.5. The molecule has 0 amide bonds. The molecule has 21 heavy (non-hydrogen) atoms. The Morgan fingerprint density at radius 2 is 1.90 bits per heavy atom. The zero-order valence-electron chi connectivity index (χ0n) is 11.7. The fourth-order valence-electron chi connectivity index (χ4n) is 2.01. The molecule has 0 fully saturated rings. The third-order valence-electron chi connectivity index (χ3n) is 2.91. The minimum atomic E-state index is -3.29. The molecule has 7 nitrogen and oxygen atoms in total. The van der Waals surface area contributed by atoms with E-state index in [1.54, 1.807) is 26.0 Å². The van der Waals surface area contributed by atoms with Crippen LogP contribution in [-0.2, 0) is 15.6 Å². The van der Waals surface area contributed by atoms with Gasteiger partial charge in [-0.15, -0.1) is 0 Å². The van der Waals surface area contributed by atoms with Crippen LogP contribution in [-0.4, -0.2) is 35.9 Å². The Bertz CT molecular complexity index is 808. The monoisotopic (exact) mass is 310 g/mol. The molecule has 0 saturated heterocycles. The SMILES string of the molecule is Cc1ccc(C)c(-c2nc(CS(C)(=O)=O)no2)c1C(=O)O. The average Bonchev–Trinajstić information content (AvgIpc) is 2.76. The number of carbonyl (C=O) groups is 1. The number of carboxylic acids is 1. The minimum Gasteiger partial charge on any atom is -0.478 e. The number of hydrogen-bond donors (Lipinski definition) is 1. The van der Waals surface area contributed by atoms with E-state index in [9.17, 15) is 18.3 Å². The van der Waals surface area contributed by atoms with Crippen LogP contribution in [0.5, 0.6) is 0 Å². The Hall–Kier alpha value is -2.22. The van der Waals surface area contributed by atoms with Gasteiger partial charge in [0.1, 0.15) is 5.75 Å². The quantitative estimate of drug-likeness (QED) is 0.913. The van der Waals surface area contributed by atoms with E-state index in [-0.39, 0.29) is 23.0 Å². The largest absolute Gasteiger partial charge is 0.478 e. The lowest BCUT2D eigenvalue weighted by Gasteiger charge is -2.08. The van der Waals surface area contributed by atoms with Crippen molar-refractivity contribution in [3.8, 4) is 11.5 Å². The molecule has 1 heterocycles. The molecule has 0 atom stereocenters. The Morgan fingerprint density at radius 3 is 2.48 bits per heavy atom. The van der Waals surface area contributed by atoms with Gasteiger partial charge in [0.25, 0.3) is 5.89 Å². The fourth-order valence-corrected chi connectivity index (χ4v) is 2.60. The van der Waals surface area contributed by atoms with Crippen molar-refractivity contribution in [3.05, 3.63) is 34.6 Å². The summed E-state index contributed by atoms with van der Waals surface area (Å²) >= 11 is 0. The summed E-state index contributed by atoms with van der Waals surface area (Å²) in [4.78, 5) is 15.4. The summed E-state index contributed by atoms with van der Waals surface area (Å²) in [5.41, 5.74) is 1.61. The summed E-state index contributed by atoms with van der Waals surface area (Å²) in [5.74, 6) is -1.45. The molecular weight excluding hydrogens is 296 g/mol. The van der Waals surface area contributed by atoms with Gasteiger partial charge in [-0.2, -0.15) is 4.98 Å². The molecular formula is C13H14N2O5S. The average molecular weight is 310 g/mol. The molecule has 2 rings (SSSR count). The third-order valence-corrected chi connectivity index (χ3v) is 3.69.